The largest absolute Gasteiger partial charge is 0.495 e. The number of hydrogen-bond acceptors (Lipinski definition) is 5. The topological polar surface area (TPSA) is 82.0 Å². The molecule has 3 N–H and O–H groups in total. The molecule has 2 rings (SSSR count). The van der Waals surface area contributed by atoms with E-state index in [-0.39, 0.29) is 25.5 Å². The van der Waals surface area contributed by atoms with Crippen LogP contribution in [-0.4, -0.2) is 60.0 Å². The molecular formula is C13H17ClN2O4. The third kappa shape index (κ3) is 3.61. The number of amides is 1. The molecule has 1 heterocycles. The minimum absolute atomic E-state index is 0.0871. The van der Waals surface area contributed by atoms with Gasteiger partial charge in [0.2, 0.25) is 5.91 Å². The fourth-order valence-electron chi connectivity index (χ4n) is 2.15. The number of benzene rings is 1. The summed E-state index contributed by atoms with van der Waals surface area (Å²) in [7, 11) is 1.51. The van der Waals surface area contributed by atoms with Gasteiger partial charge in [-0.3, -0.25) is 9.69 Å². The SMILES string of the molecule is COc1ccc(Cl)cc1NC(=O)CN1CC(O)C(O)C1. The average Bonchev–Trinajstić information content (AvgIpc) is 2.68. The van der Waals surface area contributed by atoms with Crippen molar-refractivity contribution in [2.45, 2.75) is 12.2 Å². The van der Waals surface area contributed by atoms with Crippen LogP contribution in [0.2, 0.25) is 5.02 Å². The molecule has 0 spiro atoms. The summed E-state index contributed by atoms with van der Waals surface area (Å²) in [6.07, 6.45) is -1.60. The zero-order valence-corrected chi connectivity index (χ0v) is 11.8. The number of aliphatic hydroxyl groups is 2. The van der Waals surface area contributed by atoms with E-state index in [4.69, 9.17) is 16.3 Å². The van der Waals surface area contributed by atoms with Gasteiger partial charge >= 0.3 is 0 Å². The van der Waals surface area contributed by atoms with Crippen LogP contribution in [0.25, 0.3) is 0 Å². The van der Waals surface area contributed by atoms with E-state index in [1.807, 2.05) is 0 Å². The highest BCUT2D eigenvalue weighted by Gasteiger charge is 2.30. The van der Waals surface area contributed by atoms with E-state index in [9.17, 15) is 15.0 Å². The van der Waals surface area contributed by atoms with Crippen molar-refractivity contribution in [2.75, 3.05) is 32.1 Å². The Kier molecular flexibility index (Phi) is 4.82. The standard InChI is InChI=1S/C13H17ClN2O4/c1-20-12-3-2-8(14)4-9(12)15-13(19)7-16-5-10(17)11(18)6-16/h2-4,10-11,17-18H,5-7H2,1H3,(H,15,19). The minimum Gasteiger partial charge on any atom is -0.495 e. The van der Waals surface area contributed by atoms with Crippen molar-refractivity contribution < 1.29 is 19.7 Å². The average molecular weight is 301 g/mol. The molecule has 0 aliphatic carbocycles. The first-order chi connectivity index (χ1) is 9.49. The molecule has 0 bridgehead atoms. The number of β-amino-alcohol motifs (C(OH)–C–C–N with tert-alkyl or cyclic N) is 2. The minimum atomic E-state index is -0.802. The molecule has 2 atom stereocenters. The summed E-state index contributed by atoms with van der Waals surface area (Å²) >= 11 is 5.88. The number of carbonyl (C=O) groups is 1. The van der Waals surface area contributed by atoms with Gasteiger partial charge in [0.25, 0.3) is 0 Å². The Morgan fingerprint density at radius 1 is 1.45 bits per heavy atom. The van der Waals surface area contributed by atoms with Crippen molar-refractivity contribution in [3.63, 3.8) is 0 Å². The molecule has 0 saturated carbocycles. The summed E-state index contributed by atoms with van der Waals surface area (Å²) in [4.78, 5) is 13.6. The number of anilines is 1. The summed E-state index contributed by atoms with van der Waals surface area (Å²) < 4.78 is 5.14. The number of rotatable bonds is 4. The van der Waals surface area contributed by atoms with E-state index < -0.39 is 12.2 Å². The molecule has 2 unspecified atom stereocenters. The lowest BCUT2D eigenvalue weighted by Crippen LogP contribution is -2.32. The lowest BCUT2D eigenvalue weighted by atomic mass is 10.3. The van der Waals surface area contributed by atoms with Crippen LogP contribution in [0.4, 0.5) is 5.69 Å². The number of hydrogen-bond donors (Lipinski definition) is 3. The Bertz CT molecular complexity index is 487. The van der Waals surface area contributed by atoms with E-state index in [1.54, 1.807) is 23.1 Å². The van der Waals surface area contributed by atoms with E-state index in [0.717, 1.165) is 0 Å². The van der Waals surface area contributed by atoms with Crippen LogP contribution in [0.5, 0.6) is 5.75 Å². The summed E-state index contributed by atoms with van der Waals surface area (Å²) in [6, 6.07) is 4.94. The van der Waals surface area contributed by atoms with Crippen LogP contribution in [0, 0.1) is 0 Å². The summed E-state index contributed by atoms with van der Waals surface area (Å²) in [5.41, 5.74) is 0.491. The second-order valence-electron chi connectivity index (χ2n) is 4.72. The normalized spacial score (nSPS) is 22.8. The Labute approximate surface area is 121 Å². The third-order valence-electron chi connectivity index (χ3n) is 3.14. The van der Waals surface area contributed by atoms with Crippen LogP contribution < -0.4 is 10.1 Å². The molecule has 0 radical (unpaired) electrons. The first kappa shape index (κ1) is 15.1. The Morgan fingerprint density at radius 2 is 2.10 bits per heavy atom. The highest BCUT2D eigenvalue weighted by Crippen LogP contribution is 2.27. The first-order valence-corrected chi connectivity index (χ1v) is 6.59. The Morgan fingerprint density at radius 3 is 2.70 bits per heavy atom. The Balaban J connectivity index is 1.96. The molecular weight excluding hydrogens is 284 g/mol. The Hall–Kier alpha value is -1.34. The molecule has 0 aromatic heterocycles. The fraction of sp³-hybridized carbons (Fsp3) is 0.462. The number of ether oxygens (including phenoxy) is 1. The maximum Gasteiger partial charge on any atom is 0.238 e. The number of nitrogens with zero attached hydrogens (tertiary/aromatic N) is 1. The van der Waals surface area contributed by atoms with Gasteiger partial charge in [-0.1, -0.05) is 11.6 Å². The summed E-state index contributed by atoms with van der Waals surface area (Å²) in [5.74, 6) is 0.260. The molecule has 7 heteroatoms. The monoisotopic (exact) mass is 300 g/mol. The van der Waals surface area contributed by atoms with Gasteiger partial charge < -0.3 is 20.3 Å². The lowest BCUT2D eigenvalue weighted by molar-refractivity contribution is -0.117. The van der Waals surface area contributed by atoms with Gasteiger partial charge in [-0.15, -0.1) is 0 Å². The van der Waals surface area contributed by atoms with Crippen molar-refractivity contribution in [3.05, 3.63) is 23.2 Å². The zero-order valence-electron chi connectivity index (χ0n) is 11.0. The summed E-state index contributed by atoms with van der Waals surface area (Å²) in [5, 5.41) is 22.1. The molecule has 1 saturated heterocycles. The van der Waals surface area contributed by atoms with Crippen molar-refractivity contribution in [3.8, 4) is 5.75 Å². The molecule has 1 amide bonds. The quantitative estimate of drug-likeness (QED) is 0.746. The van der Waals surface area contributed by atoms with Crippen molar-refractivity contribution in [2.24, 2.45) is 0 Å². The number of nitrogens with one attached hydrogen (secondary N) is 1. The number of methoxy groups -OCH3 is 1. The molecule has 1 aromatic rings. The fourth-order valence-corrected chi connectivity index (χ4v) is 2.32. The van der Waals surface area contributed by atoms with Gasteiger partial charge in [-0.05, 0) is 18.2 Å². The van der Waals surface area contributed by atoms with Gasteiger partial charge in [0, 0.05) is 18.1 Å². The van der Waals surface area contributed by atoms with E-state index in [1.165, 1.54) is 7.11 Å². The third-order valence-corrected chi connectivity index (χ3v) is 3.37. The molecule has 1 aromatic carbocycles. The molecule has 1 fully saturated rings. The van der Waals surface area contributed by atoms with E-state index in [0.29, 0.717) is 16.5 Å². The molecule has 6 nitrogen and oxygen atoms in total. The van der Waals surface area contributed by atoms with Gasteiger partial charge in [0.05, 0.1) is 31.5 Å². The number of carbonyl (C=O) groups excluding carboxylic acids is 1. The van der Waals surface area contributed by atoms with Gasteiger partial charge in [0.15, 0.2) is 0 Å². The maximum absolute atomic E-state index is 11.9. The van der Waals surface area contributed by atoms with Crippen molar-refractivity contribution >= 4 is 23.2 Å². The second kappa shape index (κ2) is 6.41. The first-order valence-electron chi connectivity index (χ1n) is 6.21. The molecule has 1 aliphatic rings. The second-order valence-corrected chi connectivity index (χ2v) is 5.16. The van der Waals surface area contributed by atoms with E-state index >= 15 is 0 Å². The van der Waals surface area contributed by atoms with Gasteiger partial charge in [-0.2, -0.15) is 0 Å². The number of aliphatic hydroxyl groups excluding tert-OH is 2. The highest BCUT2D eigenvalue weighted by atomic mass is 35.5. The predicted molar refractivity (Wildman–Crippen MR) is 75.1 cm³/mol. The smallest absolute Gasteiger partial charge is 0.238 e. The maximum atomic E-state index is 11.9. The zero-order chi connectivity index (χ0) is 14.7. The van der Waals surface area contributed by atoms with E-state index in [2.05, 4.69) is 5.32 Å². The van der Waals surface area contributed by atoms with Crippen molar-refractivity contribution in [1.29, 1.82) is 0 Å². The van der Waals surface area contributed by atoms with Crippen LogP contribution in [-0.2, 0) is 4.79 Å². The van der Waals surface area contributed by atoms with Gasteiger partial charge in [-0.25, -0.2) is 0 Å². The van der Waals surface area contributed by atoms with Gasteiger partial charge in [0.1, 0.15) is 5.75 Å². The van der Waals surface area contributed by atoms with Crippen LogP contribution in [0.1, 0.15) is 0 Å². The van der Waals surface area contributed by atoms with Crippen molar-refractivity contribution in [1.82, 2.24) is 4.90 Å². The summed E-state index contributed by atoms with van der Waals surface area (Å²) in [6.45, 7) is 0.645. The molecule has 20 heavy (non-hydrogen) atoms. The highest BCUT2D eigenvalue weighted by molar-refractivity contribution is 6.31. The number of likely N-dealkylation sites (tertiary alicyclic amines) is 1. The lowest BCUT2D eigenvalue weighted by Gasteiger charge is -2.15. The van der Waals surface area contributed by atoms with Crippen LogP contribution in [0.15, 0.2) is 18.2 Å². The van der Waals surface area contributed by atoms with Crippen LogP contribution in [0.3, 0.4) is 0 Å². The molecule has 110 valence electrons. The number of halogens is 1. The van der Waals surface area contributed by atoms with Crippen LogP contribution >= 0.6 is 11.6 Å². The predicted octanol–water partition coefficient (Wildman–Crippen LogP) is 0.324. The molecule has 1 aliphatic heterocycles.